The van der Waals surface area contributed by atoms with E-state index >= 15 is 0 Å². The number of carbonyl (C=O) groups is 1. The third-order valence-corrected chi connectivity index (χ3v) is 8.85. The Kier molecular flexibility index (Phi) is 13.7. The summed E-state index contributed by atoms with van der Waals surface area (Å²) in [4.78, 5) is 21.4. The highest BCUT2D eigenvalue weighted by Gasteiger charge is 2.23. The zero-order valence-electron chi connectivity index (χ0n) is 26.7. The Morgan fingerprint density at radius 3 is 2.37 bits per heavy atom. The smallest absolute Gasteiger partial charge is 0.317 e. The van der Waals surface area contributed by atoms with Crippen molar-refractivity contribution in [3.63, 3.8) is 0 Å². The number of allylic oxidation sites excluding steroid dienone is 2. The van der Waals surface area contributed by atoms with Gasteiger partial charge >= 0.3 is 6.03 Å². The van der Waals surface area contributed by atoms with Gasteiger partial charge in [-0.2, -0.15) is 0 Å². The zero-order valence-corrected chi connectivity index (χ0v) is 26.7. The summed E-state index contributed by atoms with van der Waals surface area (Å²) in [5.41, 5.74) is 11.4. The van der Waals surface area contributed by atoms with Crippen molar-refractivity contribution in [1.82, 2.24) is 31.1 Å². The fourth-order valence-corrected chi connectivity index (χ4v) is 6.10. The molecule has 2 amide bonds. The quantitative estimate of drug-likeness (QED) is 0.215. The number of aliphatic imine (C=N–C) groups is 1. The lowest BCUT2D eigenvalue weighted by atomic mass is 9.95. The summed E-state index contributed by atoms with van der Waals surface area (Å²) >= 11 is 0. The Bertz CT molecular complexity index is 1080. The molecule has 1 aliphatic carbocycles. The summed E-state index contributed by atoms with van der Waals surface area (Å²) < 4.78 is 0. The van der Waals surface area contributed by atoms with E-state index in [1.165, 1.54) is 55.2 Å². The number of amidine groups is 1. The molecule has 3 aliphatic rings. The highest BCUT2D eigenvalue weighted by atomic mass is 16.2. The first-order valence-corrected chi connectivity index (χ1v) is 16.8. The lowest BCUT2D eigenvalue weighted by molar-refractivity contribution is 0.158. The molecule has 0 aromatic heterocycles. The molecule has 0 unspecified atom stereocenters. The molecular weight excluding hydrogens is 536 g/mol. The molecule has 43 heavy (non-hydrogen) atoms. The molecule has 1 saturated carbocycles. The van der Waals surface area contributed by atoms with Crippen molar-refractivity contribution in [2.75, 3.05) is 45.8 Å². The third-order valence-electron chi connectivity index (χ3n) is 8.85. The van der Waals surface area contributed by atoms with Gasteiger partial charge < -0.3 is 36.8 Å². The van der Waals surface area contributed by atoms with Gasteiger partial charge in [0.15, 0.2) is 0 Å². The van der Waals surface area contributed by atoms with Crippen LogP contribution in [0.4, 0.5) is 4.79 Å². The van der Waals surface area contributed by atoms with Crippen LogP contribution in [0, 0.1) is 0 Å². The summed E-state index contributed by atoms with van der Waals surface area (Å²) in [5.74, 6) is 1.44. The Morgan fingerprint density at radius 2 is 1.65 bits per heavy atom. The minimum atomic E-state index is 0.0474. The summed E-state index contributed by atoms with van der Waals surface area (Å²) in [7, 11) is 0. The molecule has 2 fully saturated rings. The van der Waals surface area contributed by atoms with E-state index in [1.54, 1.807) is 0 Å². The van der Waals surface area contributed by atoms with Crippen LogP contribution in [0.2, 0.25) is 0 Å². The van der Waals surface area contributed by atoms with Gasteiger partial charge in [-0.1, -0.05) is 56.9 Å². The number of hydrogen-bond acceptors (Lipinski definition) is 7. The Balaban J connectivity index is 1.17. The van der Waals surface area contributed by atoms with E-state index in [0.717, 1.165) is 89.1 Å². The molecule has 9 nitrogen and oxygen atoms in total. The van der Waals surface area contributed by atoms with Gasteiger partial charge in [0.1, 0.15) is 11.7 Å². The molecule has 6 N–H and O–H groups in total. The molecule has 9 heteroatoms. The number of rotatable bonds is 13. The maximum atomic E-state index is 12.4. The number of benzene rings is 1. The first-order chi connectivity index (χ1) is 21.0. The van der Waals surface area contributed by atoms with Gasteiger partial charge in [-0.3, -0.25) is 0 Å². The lowest BCUT2D eigenvalue weighted by Gasteiger charge is -2.37. The van der Waals surface area contributed by atoms with E-state index in [4.69, 9.17) is 10.7 Å². The van der Waals surface area contributed by atoms with Crippen LogP contribution in [0.1, 0.15) is 89.2 Å². The Labute approximate surface area is 259 Å². The molecule has 1 aromatic rings. The standard InChI is InChI=1S/C34H56N8O/c1-3-4-18-38-34(43)42-22-20-41(21-23-42)31-24-32(35)40-33(16-11-27(31)2)39-26-29-14-12-28(13-15-29)25-36-17-8-19-37-30-9-6-5-7-10-30/h12-15,24,30,36-37H,3-11,16-23,25-26,35H2,1-2H3,(H,38,43)(H,39,40)/b31-27+,32-24-. The van der Waals surface area contributed by atoms with E-state index < -0.39 is 0 Å². The van der Waals surface area contributed by atoms with Crippen LogP contribution < -0.4 is 27.0 Å². The van der Waals surface area contributed by atoms with Crippen LogP contribution in [0.5, 0.6) is 0 Å². The SMILES string of the molecule is CCCCNC(=O)N1CCN(C2=C(\C)CC/C(NCc3ccc(CNCCCNC4CCCCC4)cc3)=N/C(N)=C\2)CC1. The van der Waals surface area contributed by atoms with E-state index in [1.807, 2.05) is 11.0 Å². The molecule has 1 aromatic carbocycles. The molecule has 2 aliphatic heterocycles. The monoisotopic (exact) mass is 592 g/mol. The highest BCUT2D eigenvalue weighted by molar-refractivity contribution is 5.83. The van der Waals surface area contributed by atoms with Crippen LogP contribution in [-0.4, -0.2) is 73.5 Å². The van der Waals surface area contributed by atoms with Crippen LogP contribution in [0.25, 0.3) is 0 Å². The number of amides is 2. The van der Waals surface area contributed by atoms with Gasteiger partial charge in [0, 0.05) is 70.0 Å². The first-order valence-electron chi connectivity index (χ1n) is 16.8. The summed E-state index contributed by atoms with van der Waals surface area (Å²) in [6.07, 6.45) is 13.9. The summed E-state index contributed by atoms with van der Waals surface area (Å²) in [5, 5.41) is 13.9. The predicted molar refractivity (Wildman–Crippen MR) is 178 cm³/mol. The van der Waals surface area contributed by atoms with Gasteiger partial charge in [0.25, 0.3) is 0 Å². The molecular formula is C34H56N8O. The van der Waals surface area contributed by atoms with Crippen LogP contribution >= 0.6 is 0 Å². The Morgan fingerprint density at radius 1 is 0.930 bits per heavy atom. The maximum Gasteiger partial charge on any atom is 0.317 e. The fraction of sp³-hybridized carbons (Fsp3) is 0.647. The first kappa shape index (κ1) is 32.9. The van der Waals surface area contributed by atoms with E-state index in [9.17, 15) is 4.79 Å². The number of urea groups is 1. The molecule has 4 rings (SSSR count). The summed E-state index contributed by atoms with van der Waals surface area (Å²) in [6.45, 7) is 11.9. The third kappa shape index (κ3) is 11.2. The Hall–Kier alpha value is -3.04. The number of carbonyl (C=O) groups excluding carboxylic acids is 1. The second kappa shape index (κ2) is 17.9. The van der Waals surface area contributed by atoms with Crippen molar-refractivity contribution in [3.05, 3.63) is 58.6 Å². The van der Waals surface area contributed by atoms with Crippen molar-refractivity contribution in [3.8, 4) is 0 Å². The highest BCUT2D eigenvalue weighted by Crippen LogP contribution is 2.22. The molecule has 0 spiro atoms. The zero-order chi connectivity index (χ0) is 30.3. The van der Waals surface area contributed by atoms with Gasteiger partial charge in [-0.15, -0.1) is 0 Å². The lowest BCUT2D eigenvalue weighted by Crippen LogP contribution is -2.51. The molecule has 238 valence electrons. The minimum absolute atomic E-state index is 0.0474. The average Bonchev–Trinajstić information content (AvgIpc) is 3.03. The van der Waals surface area contributed by atoms with Gasteiger partial charge in [-0.25, -0.2) is 9.79 Å². The molecule has 0 bridgehead atoms. The predicted octanol–water partition coefficient (Wildman–Crippen LogP) is 4.57. The van der Waals surface area contributed by atoms with Crippen LogP contribution in [0.3, 0.4) is 0 Å². The van der Waals surface area contributed by atoms with Gasteiger partial charge in [0.05, 0.1) is 0 Å². The normalized spacial score (nSPS) is 22.7. The van der Waals surface area contributed by atoms with Gasteiger partial charge in [-0.05, 0) is 68.8 Å². The topological polar surface area (TPSA) is 110 Å². The van der Waals surface area contributed by atoms with Crippen molar-refractivity contribution in [2.45, 2.75) is 97.2 Å². The maximum absolute atomic E-state index is 12.4. The second-order valence-corrected chi connectivity index (χ2v) is 12.3. The average molecular weight is 593 g/mol. The number of nitrogens with two attached hydrogens (primary N) is 1. The largest absolute Gasteiger partial charge is 0.384 e. The van der Waals surface area contributed by atoms with E-state index in [-0.39, 0.29) is 6.03 Å². The number of hydrogen-bond donors (Lipinski definition) is 5. The van der Waals surface area contributed by atoms with Crippen molar-refractivity contribution in [2.24, 2.45) is 10.7 Å². The van der Waals surface area contributed by atoms with Crippen molar-refractivity contribution >= 4 is 11.9 Å². The van der Waals surface area contributed by atoms with E-state index in [0.29, 0.717) is 18.9 Å². The van der Waals surface area contributed by atoms with E-state index in [2.05, 4.69) is 64.3 Å². The van der Waals surface area contributed by atoms with Crippen molar-refractivity contribution < 1.29 is 4.79 Å². The van der Waals surface area contributed by atoms with Gasteiger partial charge in [0.2, 0.25) is 0 Å². The number of unbranched alkanes of at least 4 members (excludes halogenated alkanes) is 1. The van der Waals surface area contributed by atoms with Crippen LogP contribution in [0.15, 0.2) is 52.4 Å². The number of piperazine rings is 1. The minimum Gasteiger partial charge on any atom is -0.384 e. The number of nitrogens with zero attached hydrogens (tertiary/aromatic N) is 3. The fourth-order valence-electron chi connectivity index (χ4n) is 6.10. The molecule has 2 heterocycles. The van der Waals surface area contributed by atoms with Crippen molar-refractivity contribution in [1.29, 1.82) is 0 Å². The molecule has 0 radical (unpaired) electrons. The second-order valence-electron chi connectivity index (χ2n) is 12.3. The summed E-state index contributed by atoms with van der Waals surface area (Å²) in [6, 6.07) is 9.62. The molecule has 1 saturated heterocycles. The molecule has 0 atom stereocenters. The van der Waals surface area contributed by atoms with Crippen LogP contribution in [-0.2, 0) is 13.1 Å². The number of nitrogens with one attached hydrogen (secondary N) is 4.